The molecule has 2 N–H and O–H groups in total. The molecule has 0 spiro atoms. The molecule has 0 aliphatic carbocycles. The maximum absolute atomic E-state index is 12.5. The Balaban J connectivity index is 2.23. The number of aliphatic hydroxyl groups excluding tert-OH is 1. The van der Waals surface area contributed by atoms with E-state index in [1.165, 1.54) is 0 Å². The van der Waals surface area contributed by atoms with Gasteiger partial charge in [-0.15, -0.1) is 0 Å². The van der Waals surface area contributed by atoms with Gasteiger partial charge in [-0.1, -0.05) is 25.1 Å². The number of amides is 1. The summed E-state index contributed by atoms with van der Waals surface area (Å²) in [7, 11) is 0. The van der Waals surface area contributed by atoms with Gasteiger partial charge >= 0.3 is 0 Å². The molecule has 2 aromatic rings. The Bertz CT molecular complexity index is 595. The zero-order chi connectivity index (χ0) is 15.3. The summed E-state index contributed by atoms with van der Waals surface area (Å²) in [6, 6.07) is 9.60. The number of nitrogens with zero attached hydrogens (tertiary/aromatic N) is 2. The molecule has 0 saturated carbocycles. The lowest BCUT2D eigenvalue weighted by Crippen LogP contribution is -2.46. The van der Waals surface area contributed by atoms with Crippen LogP contribution in [0.2, 0.25) is 0 Å². The van der Waals surface area contributed by atoms with E-state index in [4.69, 9.17) is 5.11 Å². The molecule has 1 unspecified atom stereocenters. The minimum absolute atomic E-state index is 0.0442. The van der Waals surface area contributed by atoms with Gasteiger partial charge in [0.1, 0.15) is 5.69 Å². The van der Waals surface area contributed by atoms with Crippen LogP contribution in [0.5, 0.6) is 0 Å². The molecule has 1 amide bonds. The van der Waals surface area contributed by atoms with E-state index in [1.807, 2.05) is 44.2 Å². The zero-order valence-electron chi connectivity index (χ0n) is 12.4. The summed E-state index contributed by atoms with van der Waals surface area (Å²) in [5.41, 5.74) is 0.955. The molecule has 0 fully saturated rings. The summed E-state index contributed by atoms with van der Waals surface area (Å²) in [6.45, 7) is 3.97. The van der Waals surface area contributed by atoms with Crippen LogP contribution in [0.15, 0.2) is 42.9 Å². The predicted molar refractivity (Wildman–Crippen MR) is 81.4 cm³/mol. The van der Waals surface area contributed by atoms with Crippen molar-refractivity contribution in [3.8, 4) is 5.69 Å². The van der Waals surface area contributed by atoms with E-state index in [1.54, 1.807) is 17.1 Å². The van der Waals surface area contributed by atoms with E-state index < -0.39 is 5.54 Å². The summed E-state index contributed by atoms with van der Waals surface area (Å²) >= 11 is 0. The van der Waals surface area contributed by atoms with Gasteiger partial charge in [-0.25, -0.2) is 4.98 Å². The first kappa shape index (κ1) is 15.3. The lowest BCUT2D eigenvalue weighted by molar-refractivity contribution is 0.0879. The number of benzene rings is 1. The van der Waals surface area contributed by atoms with Crippen molar-refractivity contribution in [2.75, 3.05) is 6.61 Å². The minimum Gasteiger partial charge on any atom is -0.396 e. The van der Waals surface area contributed by atoms with E-state index in [0.717, 1.165) is 12.1 Å². The highest BCUT2D eigenvalue weighted by molar-refractivity contribution is 5.93. The molecule has 0 bridgehead atoms. The summed E-state index contributed by atoms with van der Waals surface area (Å²) in [6.07, 6.45) is 4.45. The van der Waals surface area contributed by atoms with Crippen LogP contribution in [0.1, 0.15) is 37.2 Å². The molecule has 21 heavy (non-hydrogen) atoms. The molecule has 0 aliphatic rings. The van der Waals surface area contributed by atoms with Crippen molar-refractivity contribution in [2.24, 2.45) is 0 Å². The Morgan fingerprint density at radius 2 is 2.10 bits per heavy atom. The van der Waals surface area contributed by atoms with Crippen LogP contribution in [-0.2, 0) is 0 Å². The quantitative estimate of drug-likeness (QED) is 0.855. The summed E-state index contributed by atoms with van der Waals surface area (Å²) < 4.78 is 1.75. The Hall–Kier alpha value is -2.14. The number of nitrogens with one attached hydrogen (secondary N) is 1. The van der Waals surface area contributed by atoms with Crippen LogP contribution in [0.25, 0.3) is 5.69 Å². The highest BCUT2D eigenvalue weighted by atomic mass is 16.3. The van der Waals surface area contributed by atoms with Gasteiger partial charge in [0.05, 0.1) is 12.5 Å². The van der Waals surface area contributed by atoms with Crippen molar-refractivity contribution in [3.05, 3.63) is 48.5 Å². The molecule has 0 saturated heterocycles. The van der Waals surface area contributed by atoms with Crippen LogP contribution in [0.3, 0.4) is 0 Å². The number of rotatable bonds is 6. The minimum atomic E-state index is -0.419. The predicted octanol–water partition coefficient (Wildman–Crippen LogP) is 2.15. The highest BCUT2D eigenvalue weighted by Gasteiger charge is 2.25. The van der Waals surface area contributed by atoms with Crippen molar-refractivity contribution in [2.45, 2.75) is 32.2 Å². The molecule has 5 heteroatoms. The van der Waals surface area contributed by atoms with Gasteiger partial charge in [0.2, 0.25) is 0 Å². The Labute approximate surface area is 124 Å². The fourth-order valence-corrected chi connectivity index (χ4v) is 2.17. The summed E-state index contributed by atoms with van der Waals surface area (Å²) in [5, 5.41) is 12.1. The Kier molecular flexibility index (Phi) is 4.75. The lowest BCUT2D eigenvalue weighted by atomic mass is 9.95. The SMILES string of the molecule is CCC(C)(CCO)NC(=O)c1cncn1-c1ccccc1. The maximum Gasteiger partial charge on any atom is 0.270 e. The van der Waals surface area contributed by atoms with E-state index in [9.17, 15) is 4.79 Å². The standard InChI is InChI=1S/C16H21N3O2/c1-3-16(2,9-10-20)18-15(21)14-11-17-12-19(14)13-7-5-4-6-8-13/h4-8,11-12,20H,3,9-10H2,1-2H3,(H,18,21). The first-order chi connectivity index (χ1) is 10.1. The third kappa shape index (κ3) is 3.49. The van der Waals surface area contributed by atoms with Gasteiger partial charge in [0.15, 0.2) is 0 Å². The number of carbonyl (C=O) groups is 1. The second-order valence-corrected chi connectivity index (χ2v) is 5.33. The van der Waals surface area contributed by atoms with Crippen LogP contribution in [-0.4, -0.2) is 32.7 Å². The van der Waals surface area contributed by atoms with Crippen molar-refractivity contribution < 1.29 is 9.90 Å². The normalized spacial score (nSPS) is 13.7. The first-order valence-corrected chi connectivity index (χ1v) is 7.11. The zero-order valence-corrected chi connectivity index (χ0v) is 12.4. The van der Waals surface area contributed by atoms with Crippen molar-refractivity contribution in [1.29, 1.82) is 0 Å². The summed E-state index contributed by atoms with van der Waals surface area (Å²) in [4.78, 5) is 16.6. The van der Waals surface area contributed by atoms with Crippen LogP contribution >= 0.6 is 0 Å². The van der Waals surface area contributed by atoms with Crippen molar-refractivity contribution >= 4 is 5.91 Å². The molecular formula is C16H21N3O2. The summed E-state index contributed by atoms with van der Waals surface area (Å²) in [5.74, 6) is -0.186. The van der Waals surface area contributed by atoms with Gasteiger partial charge in [0.25, 0.3) is 5.91 Å². The number of imidazole rings is 1. The van der Waals surface area contributed by atoms with Gasteiger partial charge in [-0.05, 0) is 31.9 Å². The van der Waals surface area contributed by atoms with Gasteiger partial charge in [-0.2, -0.15) is 0 Å². The third-order valence-electron chi connectivity index (χ3n) is 3.76. The molecule has 1 heterocycles. The molecule has 112 valence electrons. The topological polar surface area (TPSA) is 67.2 Å². The van der Waals surface area contributed by atoms with Crippen LogP contribution in [0.4, 0.5) is 0 Å². The van der Waals surface area contributed by atoms with E-state index >= 15 is 0 Å². The molecule has 0 aliphatic heterocycles. The fourth-order valence-electron chi connectivity index (χ4n) is 2.17. The smallest absolute Gasteiger partial charge is 0.270 e. The molecule has 1 aromatic heterocycles. The van der Waals surface area contributed by atoms with Crippen molar-refractivity contribution in [1.82, 2.24) is 14.9 Å². The average Bonchev–Trinajstić information content (AvgIpc) is 2.98. The van der Waals surface area contributed by atoms with E-state index in [-0.39, 0.29) is 12.5 Å². The maximum atomic E-state index is 12.5. The molecule has 1 atom stereocenters. The second-order valence-electron chi connectivity index (χ2n) is 5.33. The molecule has 5 nitrogen and oxygen atoms in total. The van der Waals surface area contributed by atoms with Gasteiger partial charge in [-0.3, -0.25) is 9.36 Å². The molecular weight excluding hydrogens is 266 g/mol. The fraction of sp³-hybridized carbons (Fsp3) is 0.375. The second kappa shape index (κ2) is 6.54. The Morgan fingerprint density at radius 3 is 2.71 bits per heavy atom. The van der Waals surface area contributed by atoms with Crippen molar-refractivity contribution in [3.63, 3.8) is 0 Å². The van der Waals surface area contributed by atoms with E-state index in [2.05, 4.69) is 10.3 Å². The average molecular weight is 287 g/mol. The number of hydrogen-bond donors (Lipinski definition) is 2. The molecule has 0 radical (unpaired) electrons. The Morgan fingerprint density at radius 1 is 1.38 bits per heavy atom. The third-order valence-corrected chi connectivity index (χ3v) is 3.76. The number of carbonyl (C=O) groups excluding carboxylic acids is 1. The van der Waals surface area contributed by atoms with E-state index in [0.29, 0.717) is 12.1 Å². The number of aliphatic hydroxyl groups is 1. The molecule has 1 aromatic carbocycles. The van der Waals surface area contributed by atoms with Gasteiger partial charge in [0, 0.05) is 17.8 Å². The number of hydrogen-bond acceptors (Lipinski definition) is 3. The van der Waals surface area contributed by atoms with Gasteiger partial charge < -0.3 is 10.4 Å². The molecule has 2 rings (SSSR count). The largest absolute Gasteiger partial charge is 0.396 e. The number of aromatic nitrogens is 2. The lowest BCUT2D eigenvalue weighted by Gasteiger charge is -2.29. The first-order valence-electron chi connectivity index (χ1n) is 7.11. The number of para-hydroxylation sites is 1. The monoisotopic (exact) mass is 287 g/mol. The highest BCUT2D eigenvalue weighted by Crippen LogP contribution is 2.16. The van der Waals surface area contributed by atoms with Crippen LogP contribution < -0.4 is 5.32 Å². The van der Waals surface area contributed by atoms with Crippen LogP contribution in [0, 0.1) is 0 Å².